The first kappa shape index (κ1) is 24.3. The van der Waals surface area contributed by atoms with Gasteiger partial charge in [-0.05, 0) is 32.1 Å². The highest BCUT2D eigenvalue weighted by molar-refractivity contribution is 7.46. The van der Waals surface area contributed by atoms with E-state index < -0.39 is 26.5 Å². The van der Waals surface area contributed by atoms with Crippen LogP contribution in [0.2, 0.25) is 0 Å². The summed E-state index contributed by atoms with van der Waals surface area (Å²) in [6.45, 7) is 1.29. The van der Waals surface area contributed by atoms with Gasteiger partial charge in [-0.3, -0.25) is 9.32 Å². The van der Waals surface area contributed by atoms with Crippen LogP contribution in [0.25, 0.3) is 0 Å². The normalized spacial score (nSPS) is 13.3. The number of allylic oxidation sites excluding steroid dienone is 2. The molecule has 8 heteroatoms. The average Bonchev–Trinajstić information content (AvgIpc) is 2.55. The zero-order valence-corrected chi connectivity index (χ0v) is 16.0. The number of hydrogen-bond donors (Lipinski definition) is 3. The topological polar surface area (TPSA) is 113 Å². The summed E-state index contributed by atoms with van der Waals surface area (Å²) in [4.78, 5) is 28.4. The van der Waals surface area contributed by atoms with Crippen LogP contribution < -0.4 is 0 Å². The molecule has 1 atom stereocenters. The Morgan fingerprint density at radius 2 is 1.60 bits per heavy atom. The summed E-state index contributed by atoms with van der Waals surface area (Å²) in [5.74, 6) is -0.429. The number of carbonyl (C=O) groups is 1. The van der Waals surface area contributed by atoms with Crippen molar-refractivity contribution in [1.29, 1.82) is 0 Å². The van der Waals surface area contributed by atoms with Gasteiger partial charge in [-0.1, -0.05) is 44.8 Å². The molecular formula is C17H33O7P. The zero-order chi connectivity index (χ0) is 19.0. The summed E-state index contributed by atoms with van der Waals surface area (Å²) in [7, 11) is -4.61. The highest BCUT2D eigenvalue weighted by Gasteiger charge is 2.17. The summed E-state index contributed by atoms with van der Waals surface area (Å²) in [6.07, 6.45) is 13.4. The monoisotopic (exact) mass is 380 g/mol. The van der Waals surface area contributed by atoms with E-state index in [1.165, 1.54) is 25.7 Å². The third kappa shape index (κ3) is 19.5. The van der Waals surface area contributed by atoms with Gasteiger partial charge in [-0.25, -0.2) is 4.57 Å². The molecule has 0 saturated heterocycles. The highest BCUT2D eigenvalue weighted by atomic mass is 31.2. The maximum absolute atomic E-state index is 11.5. The molecule has 0 unspecified atom stereocenters. The minimum absolute atomic E-state index is 0.271. The van der Waals surface area contributed by atoms with Crippen molar-refractivity contribution in [1.82, 2.24) is 0 Å². The fourth-order valence-corrected chi connectivity index (χ4v) is 2.49. The molecule has 0 aliphatic carbocycles. The first-order valence-corrected chi connectivity index (χ1v) is 10.6. The lowest BCUT2D eigenvalue weighted by Crippen LogP contribution is -2.23. The minimum Gasteiger partial charge on any atom is -0.463 e. The van der Waals surface area contributed by atoms with Crippen LogP contribution in [0.1, 0.15) is 71.1 Å². The van der Waals surface area contributed by atoms with Gasteiger partial charge < -0.3 is 19.6 Å². The van der Waals surface area contributed by atoms with Gasteiger partial charge in [0.05, 0.1) is 6.61 Å². The lowest BCUT2D eigenvalue weighted by Gasteiger charge is -2.12. The number of phosphoric acid groups is 1. The molecule has 0 fully saturated rings. The molecule has 0 bridgehead atoms. The van der Waals surface area contributed by atoms with Crippen LogP contribution in [0.4, 0.5) is 0 Å². The number of aliphatic hydroxyl groups excluding tert-OH is 1. The summed E-state index contributed by atoms with van der Waals surface area (Å²) in [6, 6.07) is 0. The third-order valence-electron chi connectivity index (χ3n) is 3.51. The van der Waals surface area contributed by atoms with E-state index >= 15 is 0 Å². The van der Waals surface area contributed by atoms with E-state index in [0.717, 1.165) is 32.1 Å². The Kier molecular flexibility index (Phi) is 15.1. The number of carbonyl (C=O) groups excluding carboxylic acids is 1. The Labute approximate surface area is 150 Å². The first-order chi connectivity index (χ1) is 11.8. The van der Waals surface area contributed by atoms with Gasteiger partial charge in [-0.2, -0.15) is 0 Å². The molecular weight excluding hydrogens is 347 g/mol. The smallest absolute Gasteiger partial charge is 0.463 e. The quantitative estimate of drug-likeness (QED) is 0.163. The van der Waals surface area contributed by atoms with Crippen LogP contribution in [0.15, 0.2) is 12.2 Å². The number of phosphoric ester groups is 1. The Morgan fingerprint density at radius 3 is 2.16 bits per heavy atom. The van der Waals surface area contributed by atoms with Crippen molar-refractivity contribution in [3.05, 3.63) is 12.2 Å². The molecule has 7 nitrogen and oxygen atoms in total. The molecule has 0 saturated carbocycles. The van der Waals surface area contributed by atoms with E-state index in [4.69, 9.17) is 14.5 Å². The van der Waals surface area contributed by atoms with Gasteiger partial charge in [0.1, 0.15) is 12.7 Å². The molecule has 0 aromatic heterocycles. The standard InChI is InChI=1S/C17H33O7P/c1-2-3-4-5-6-7-8-9-10-11-12-13-17(19)23-14-16(18)15-24-25(20,21)22/h7-8,16,18H,2-6,9-15H2,1H3,(H2,20,21,22)/t16-/m1/s1. The summed E-state index contributed by atoms with van der Waals surface area (Å²) >= 11 is 0. The fraction of sp³-hybridized carbons (Fsp3) is 0.824. The van der Waals surface area contributed by atoms with Gasteiger partial charge in [0, 0.05) is 6.42 Å². The number of esters is 1. The Morgan fingerprint density at radius 1 is 1.00 bits per heavy atom. The van der Waals surface area contributed by atoms with Gasteiger partial charge in [0.25, 0.3) is 0 Å². The van der Waals surface area contributed by atoms with E-state index in [1.807, 2.05) is 0 Å². The SMILES string of the molecule is CCCCCCC=CCCCCCC(=O)OC[C@@H](O)COP(=O)(O)O. The molecule has 0 radical (unpaired) electrons. The zero-order valence-electron chi connectivity index (χ0n) is 15.1. The molecule has 0 heterocycles. The molecule has 0 aromatic rings. The van der Waals surface area contributed by atoms with Crippen molar-refractivity contribution in [3.8, 4) is 0 Å². The van der Waals surface area contributed by atoms with E-state index in [1.54, 1.807) is 0 Å². The van der Waals surface area contributed by atoms with E-state index in [2.05, 4.69) is 23.6 Å². The number of aliphatic hydroxyl groups is 1. The molecule has 0 aliphatic heterocycles. The van der Waals surface area contributed by atoms with E-state index in [-0.39, 0.29) is 13.0 Å². The van der Waals surface area contributed by atoms with Gasteiger partial charge in [0.2, 0.25) is 0 Å². The molecule has 0 rings (SSSR count). The second-order valence-corrected chi connectivity index (χ2v) is 7.28. The van der Waals surface area contributed by atoms with Crippen molar-refractivity contribution in [2.75, 3.05) is 13.2 Å². The van der Waals surface area contributed by atoms with Crippen molar-refractivity contribution in [3.63, 3.8) is 0 Å². The van der Waals surface area contributed by atoms with E-state index in [9.17, 15) is 14.5 Å². The minimum atomic E-state index is -4.61. The van der Waals surface area contributed by atoms with Crippen molar-refractivity contribution < 1.29 is 33.5 Å². The fourth-order valence-electron chi connectivity index (χ4n) is 2.13. The highest BCUT2D eigenvalue weighted by Crippen LogP contribution is 2.35. The Hall–Kier alpha value is -0.720. The van der Waals surface area contributed by atoms with Crippen LogP contribution in [0.5, 0.6) is 0 Å². The van der Waals surface area contributed by atoms with Crippen LogP contribution in [-0.2, 0) is 18.6 Å². The Bertz CT molecular complexity index is 406. The second-order valence-electron chi connectivity index (χ2n) is 6.04. The molecule has 3 N–H and O–H groups in total. The number of rotatable bonds is 16. The van der Waals surface area contributed by atoms with Crippen molar-refractivity contribution >= 4 is 13.8 Å². The molecule has 0 aromatic carbocycles. The maximum atomic E-state index is 11.5. The molecule has 0 amide bonds. The summed E-state index contributed by atoms with van der Waals surface area (Å²) in [5, 5.41) is 9.37. The molecule has 25 heavy (non-hydrogen) atoms. The predicted octanol–water partition coefficient (Wildman–Crippen LogP) is 3.48. The lowest BCUT2D eigenvalue weighted by molar-refractivity contribution is -0.147. The van der Waals surface area contributed by atoms with Gasteiger partial charge >= 0.3 is 13.8 Å². The summed E-state index contributed by atoms with van der Waals surface area (Å²) in [5.41, 5.74) is 0. The number of unbranched alkanes of at least 4 members (excludes halogenated alkanes) is 7. The molecule has 0 spiro atoms. The number of ether oxygens (including phenoxy) is 1. The summed E-state index contributed by atoms with van der Waals surface area (Å²) < 4.78 is 19.4. The number of hydrogen-bond acceptors (Lipinski definition) is 5. The van der Waals surface area contributed by atoms with Gasteiger partial charge in [0.15, 0.2) is 0 Å². The molecule has 0 aliphatic rings. The molecule has 148 valence electrons. The van der Waals surface area contributed by atoms with Crippen LogP contribution in [0.3, 0.4) is 0 Å². The Balaban J connectivity index is 3.46. The van der Waals surface area contributed by atoms with Gasteiger partial charge in [-0.15, -0.1) is 0 Å². The van der Waals surface area contributed by atoms with Crippen LogP contribution >= 0.6 is 7.82 Å². The van der Waals surface area contributed by atoms with Crippen molar-refractivity contribution in [2.24, 2.45) is 0 Å². The maximum Gasteiger partial charge on any atom is 0.469 e. The third-order valence-corrected chi connectivity index (χ3v) is 4.00. The average molecular weight is 380 g/mol. The van der Waals surface area contributed by atoms with Crippen molar-refractivity contribution in [2.45, 2.75) is 77.2 Å². The van der Waals surface area contributed by atoms with Crippen LogP contribution in [-0.4, -0.2) is 40.2 Å². The predicted molar refractivity (Wildman–Crippen MR) is 95.9 cm³/mol. The van der Waals surface area contributed by atoms with Crippen LogP contribution in [0, 0.1) is 0 Å². The largest absolute Gasteiger partial charge is 0.469 e. The lowest BCUT2D eigenvalue weighted by atomic mass is 10.1. The van der Waals surface area contributed by atoms with E-state index in [0.29, 0.717) is 0 Å². The second kappa shape index (κ2) is 15.5. The first-order valence-electron chi connectivity index (χ1n) is 9.04.